The maximum atomic E-state index is 12.1. The molecular weight excluding hydrogens is 238 g/mol. The van der Waals surface area contributed by atoms with Crippen LogP contribution in [0, 0.1) is 0 Å². The maximum Gasteiger partial charge on any atom is 0.255 e. The molecule has 1 aromatic heterocycles. The van der Waals surface area contributed by atoms with Crippen molar-refractivity contribution in [1.29, 1.82) is 0 Å². The first-order chi connectivity index (χ1) is 8.13. The van der Waals surface area contributed by atoms with Crippen molar-refractivity contribution in [2.24, 2.45) is 0 Å². The standard InChI is InChI=1S/C12H16ClN3O/c1-14-11-10(13)6-8(7-15-11)12(17)16(2)9-4-3-5-9/h6-7,9H,3-5H2,1-2H3,(H,14,15). The zero-order valence-electron chi connectivity index (χ0n) is 10.0. The van der Waals surface area contributed by atoms with Crippen molar-refractivity contribution in [1.82, 2.24) is 9.88 Å². The number of carbonyl (C=O) groups excluding carboxylic acids is 1. The van der Waals surface area contributed by atoms with E-state index in [-0.39, 0.29) is 5.91 Å². The number of nitrogens with zero attached hydrogens (tertiary/aromatic N) is 2. The Kier molecular flexibility index (Phi) is 3.52. The molecule has 0 aromatic carbocycles. The van der Waals surface area contributed by atoms with E-state index in [2.05, 4.69) is 10.3 Å². The number of aromatic nitrogens is 1. The van der Waals surface area contributed by atoms with E-state index in [0.717, 1.165) is 12.8 Å². The molecule has 0 unspecified atom stereocenters. The van der Waals surface area contributed by atoms with Crippen LogP contribution in [0.1, 0.15) is 29.6 Å². The van der Waals surface area contributed by atoms with Crippen LogP contribution in [0.2, 0.25) is 5.02 Å². The number of hydrogen-bond acceptors (Lipinski definition) is 3. The lowest BCUT2D eigenvalue weighted by molar-refractivity contribution is 0.0651. The van der Waals surface area contributed by atoms with E-state index in [4.69, 9.17) is 11.6 Å². The number of amides is 1. The van der Waals surface area contributed by atoms with Crippen LogP contribution in [0.15, 0.2) is 12.3 Å². The second-order valence-corrected chi connectivity index (χ2v) is 4.71. The van der Waals surface area contributed by atoms with Crippen LogP contribution in [0.5, 0.6) is 0 Å². The van der Waals surface area contributed by atoms with Gasteiger partial charge in [-0.05, 0) is 25.3 Å². The largest absolute Gasteiger partial charge is 0.372 e. The summed E-state index contributed by atoms with van der Waals surface area (Å²) in [6.45, 7) is 0. The van der Waals surface area contributed by atoms with Crippen molar-refractivity contribution in [2.45, 2.75) is 25.3 Å². The van der Waals surface area contributed by atoms with E-state index < -0.39 is 0 Å². The normalized spacial score (nSPS) is 15.2. The molecule has 1 saturated carbocycles. The van der Waals surface area contributed by atoms with Gasteiger partial charge in [-0.15, -0.1) is 0 Å². The van der Waals surface area contributed by atoms with Gasteiger partial charge in [0.1, 0.15) is 5.82 Å². The van der Waals surface area contributed by atoms with Crippen LogP contribution in [0.25, 0.3) is 0 Å². The Bertz CT molecular complexity index is 432. The molecule has 1 aliphatic carbocycles. The van der Waals surface area contributed by atoms with Gasteiger partial charge < -0.3 is 10.2 Å². The van der Waals surface area contributed by atoms with E-state index in [0.29, 0.717) is 22.4 Å². The van der Waals surface area contributed by atoms with Gasteiger partial charge in [0, 0.05) is 26.3 Å². The molecule has 4 nitrogen and oxygen atoms in total. The smallest absolute Gasteiger partial charge is 0.255 e. The molecule has 1 fully saturated rings. The average molecular weight is 254 g/mol. The SMILES string of the molecule is CNc1ncc(C(=O)N(C)C2CCC2)cc1Cl. The molecule has 0 saturated heterocycles. The maximum absolute atomic E-state index is 12.1. The van der Waals surface area contributed by atoms with E-state index in [1.54, 1.807) is 24.2 Å². The van der Waals surface area contributed by atoms with Crippen LogP contribution < -0.4 is 5.32 Å². The molecule has 5 heteroatoms. The van der Waals surface area contributed by atoms with E-state index in [1.165, 1.54) is 6.42 Å². The molecule has 1 heterocycles. The van der Waals surface area contributed by atoms with Gasteiger partial charge in [-0.25, -0.2) is 4.98 Å². The molecule has 0 atom stereocenters. The summed E-state index contributed by atoms with van der Waals surface area (Å²) in [5.41, 5.74) is 0.545. The Morgan fingerprint density at radius 1 is 1.59 bits per heavy atom. The van der Waals surface area contributed by atoms with Crippen molar-refractivity contribution >= 4 is 23.3 Å². The lowest BCUT2D eigenvalue weighted by Gasteiger charge is -2.34. The van der Waals surface area contributed by atoms with Gasteiger partial charge in [0.15, 0.2) is 0 Å². The van der Waals surface area contributed by atoms with Crippen molar-refractivity contribution in [3.63, 3.8) is 0 Å². The fourth-order valence-electron chi connectivity index (χ4n) is 1.88. The molecule has 1 aromatic rings. The van der Waals surface area contributed by atoms with Gasteiger partial charge in [-0.1, -0.05) is 11.6 Å². The zero-order chi connectivity index (χ0) is 12.4. The highest BCUT2D eigenvalue weighted by Gasteiger charge is 2.26. The van der Waals surface area contributed by atoms with E-state index in [9.17, 15) is 4.79 Å². The highest BCUT2D eigenvalue weighted by Crippen LogP contribution is 2.26. The predicted octanol–water partition coefficient (Wildman–Crippen LogP) is 2.40. The van der Waals surface area contributed by atoms with Crippen molar-refractivity contribution < 1.29 is 4.79 Å². The summed E-state index contributed by atoms with van der Waals surface area (Å²) in [5.74, 6) is 0.585. The summed E-state index contributed by atoms with van der Waals surface area (Å²) in [5, 5.41) is 3.34. The second kappa shape index (κ2) is 4.92. The Morgan fingerprint density at radius 3 is 2.76 bits per heavy atom. The quantitative estimate of drug-likeness (QED) is 0.900. The molecule has 1 amide bonds. The number of carbonyl (C=O) groups is 1. The third-order valence-electron chi connectivity index (χ3n) is 3.27. The Hall–Kier alpha value is -1.29. The second-order valence-electron chi connectivity index (χ2n) is 4.31. The zero-order valence-corrected chi connectivity index (χ0v) is 10.8. The molecule has 0 spiro atoms. The molecule has 92 valence electrons. The number of pyridine rings is 1. The van der Waals surface area contributed by atoms with Gasteiger partial charge in [-0.3, -0.25) is 4.79 Å². The summed E-state index contributed by atoms with van der Waals surface area (Å²) in [7, 11) is 3.59. The molecule has 1 N–H and O–H groups in total. The molecule has 0 radical (unpaired) electrons. The van der Waals surface area contributed by atoms with Gasteiger partial charge in [0.2, 0.25) is 0 Å². The summed E-state index contributed by atoms with van der Waals surface area (Å²) < 4.78 is 0. The predicted molar refractivity (Wildman–Crippen MR) is 68.5 cm³/mol. The van der Waals surface area contributed by atoms with Gasteiger partial charge >= 0.3 is 0 Å². The van der Waals surface area contributed by atoms with Crippen LogP contribution in [0.3, 0.4) is 0 Å². The van der Waals surface area contributed by atoms with E-state index >= 15 is 0 Å². The minimum atomic E-state index is -0.00764. The molecule has 1 aliphatic rings. The van der Waals surface area contributed by atoms with Crippen molar-refractivity contribution in [3.05, 3.63) is 22.8 Å². The first-order valence-electron chi connectivity index (χ1n) is 5.74. The molecule has 0 aliphatic heterocycles. The third-order valence-corrected chi connectivity index (χ3v) is 3.56. The molecular formula is C12H16ClN3O. The molecule has 2 rings (SSSR count). The van der Waals surface area contributed by atoms with E-state index in [1.807, 2.05) is 7.05 Å². The minimum absolute atomic E-state index is 0.00764. The summed E-state index contributed by atoms with van der Waals surface area (Å²) in [6, 6.07) is 2.04. The molecule has 17 heavy (non-hydrogen) atoms. The Balaban J connectivity index is 2.15. The van der Waals surface area contributed by atoms with Crippen LogP contribution in [-0.4, -0.2) is 35.9 Å². The van der Waals surface area contributed by atoms with Crippen LogP contribution in [0.4, 0.5) is 5.82 Å². The lowest BCUT2D eigenvalue weighted by atomic mass is 9.91. The van der Waals surface area contributed by atoms with Gasteiger partial charge in [-0.2, -0.15) is 0 Å². The van der Waals surface area contributed by atoms with Crippen molar-refractivity contribution in [2.75, 3.05) is 19.4 Å². The highest BCUT2D eigenvalue weighted by atomic mass is 35.5. The summed E-state index contributed by atoms with van der Waals surface area (Å²) in [4.78, 5) is 18.0. The third kappa shape index (κ3) is 2.36. The number of rotatable bonds is 3. The fraction of sp³-hybridized carbons (Fsp3) is 0.500. The Labute approximate surface area is 106 Å². The highest BCUT2D eigenvalue weighted by molar-refractivity contribution is 6.33. The topological polar surface area (TPSA) is 45.2 Å². The number of nitrogens with one attached hydrogen (secondary N) is 1. The fourth-order valence-corrected chi connectivity index (χ4v) is 2.14. The van der Waals surface area contributed by atoms with Crippen LogP contribution >= 0.6 is 11.6 Å². The summed E-state index contributed by atoms with van der Waals surface area (Å²) in [6.07, 6.45) is 4.96. The number of halogens is 1. The summed E-state index contributed by atoms with van der Waals surface area (Å²) >= 11 is 6.01. The molecule has 0 bridgehead atoms. The minimum Gasteiger partial charge on any atom is -0.372 e. The first kappa shape index (κ1) is 12.2. The van der Waals surface area contributed by atoms with Gasteiger partial charge in [0.05, 0.1) is 10.6 Å². The van der Waals surface area contributed by atoms with Crippen LogP contribution in [-0.2, 0) is 0 Å². The lowest BCUT2D eigenvalue weighted by Crippen LogP contribution is -2.41. The van der Waals surface area contributed by atoms with Gasteiger partial charge in [0.25, 0.3) is 5.91 Å². The average Bonchev–Trinajstić information content (AvgIpc) is 2.25. The number of anilines is 1. The van der Waals surface area contributed by atoms with Crippen molar-refractivity contribution in [3.8, 4) is 0 Å². The number of hydrogen-bond donors (Lipinski definition) is 1. The monoisotopic (exact) mass is 253 g/mol. The Morgan fingerprint density at radius 2 is 2.29 bits per heavy atom. The first-order valence-corrected chi connectivity index (χ1v) is 6.11.